The first-order valence-corrected chi connectivity index (χ1v) is 25.9. The summed E-state index contributed by atoms with van der Waals surface area (Å²) in [5, 5.41) is 57.2. The number of aromatic amines is 2. The first-order chi connectivity index (χ1) is 38.1. The quantitative estimate of drug-likeness (QED) is 0.0178. The number of nitrogens with one attached hydrogen (secondary N) is 8. The molecular weight excluding hydrogens is 1030 g/mol. The normalized spacial score (nSPS) is 13.8. The molecule has 80 heavy (non-hydrogen) atoms. The van der Waals surface area contributed by atoms with E-state index in [2.05, 4.69) is 46.9 Å². The standard InChI is InChI=1S/C56H68N12O12/c1-30(2)22-43(65-50(74)42(12-7-21-60-56(58)59)63-52(76)44(23-31-13-17-35(69)18-14-31)64-49(73)39(57)27-48(71)72)51(75)66-45(24-32-15-19-36(70)20-16-32)53(77)67-46(25-33-28-61-40-10-5-3-8-37(33)40)54(78)68-47(55(79)80)26-34-29-62-41-11-6-4-9-38(34)41/h3-6,8-11,13-20,28-30,39,42-47,61-62,69-70H,7,12,21-27,57H2,1-2H3,(H,63,76)(H,64,73)(H,65,74)(H,66,75)(H,67,77)(H,68,78)(H,71,72)(H,79,80)(H4,58,59,60)/t39-,42-,43-,44-,45-,46-,47-/m0/s1. The molecule has 18 N–H and O–H groups in total. The molecule has 0 radical (unpaired) electrons. The van der Waals surface area contributed by atoms with E-state index < -0.39 is 96.1 Å². The van der Waals surface area contributed by atoms with Crippen LogP contribution >= 0.6 is 0 Å². The summed E-state index contributed by atoms with van der Waals surface area (Å²) in [6.45, 7) is 3.58. The summed E-state index contributed by atoms with van der Waals surface area (Å²) in [7, 11) is 0. The number of hydrogen-bond acceptors (Lipinski definition) is 12. The minimum atomic E-state index is -1.55. The van der Waals surface area contributed by atoms with E-state index in [-0.39, 0.29) is 74.9 Å². The van der Waals surface area contributed by atoms with Crippen LogP contribution in [0.5, 0.6) is 11.5 Å². The monoisotopic (exact) mass is 1100 g/mol. The number of nitrogens with two attached hydrogens (primary N) is 3. The van der Waals surface area contributed by atoms with Crippen molar-refractivity contribution in [3.63, 3.8) is 0 Å². The Hall–Kier alpha value is -9.45. The zero-order valence-corrected chi connectivity index (χ0v) is 44.1. The van der Waals surface area contributed by atoms with Gasteiger partial charge in [0.15, 0.2) is 5.96 Å². The Kier molecular flexibility index (Phi) is 21.1. The molecule has 0 aliphatic heterocycles. The van der Waals surface area contributed by atoms with E-state index in [0.29, 0.717) is 22.3 Å². The molecule has 0 aliphatic carbocycles. The fraction of sp³-hybridized carbons (Fsp3) is 0.339. The smallest absolute Gasteiger partial charge is 0.326 e. The Morgan fingerprint density at radius 2 is 0.925 bits per heavy atom. The molecule has 0 bridgehead atoms. The van der Waals surface area contributed by atoms with Crippen LogP contribution in [0, 0.1) is 5.92 Å². The number of amides is 6. The molecule has 0 saturated heterocycles. The molecule has 6 aromatic rings. The first kappa shape index (κ1) is 59.8. The summed E-state index contributed by atoms with van der Waals surface area (Å²) in [4.78, 5) is 120. The van der Waals surface area contributed by atoms with Gasteiger partial charge >= 0.3 is 11.9 Å². The van der Waals surface area contributed by atoms with Crippen molar-refractivity contribution in [2.45, 2.75) is 108 Å². The summed E-state index contributed by atoms with van der Waals surface area (Å²) >= 11 is 0. The summed E-state index contributed by atoms with van der Waals surface area (Å²) in [6.07, 6.45) is 1.96. The number of phenols is 2. The lowest BCUT2D eigenvalue weighted by molar-refractivity contribution is -0.142. The van der Waals surface area contributed by atoms with Crippen LogP contribution in [0.25, 0.3) is 21.8 Å². The number of fused-ring (bicyclic) bond motifs is 2. The zero-order valence-electron chi connectivity index (χ0n) is 44.1. The number of guanidine groups is 1. The molecule has 0 aliphatic rings. The van der Waals surface area contributed by atoms with Gasteiger partial charge in [0.05, 0.1) is 12.5 Å². The minimum absolute atomic E-state index is 0.000605. The number of nitrogens with zero attached hydrogens (tertiary/aromatic N) is 1. The van der Waals surface area contributed by atoms with Crippen molar-refractivity contribution in [2.24, 2.45) is 28.1 Å². The molecule has 6 rings (SSSR count). The topological polar surface area (TPSA) is 412 Å². The van der Waals surface area contributed by atoms with Crippen molar-refractivity contribution < 1.29 is 58.8 Å². The van der Waals surface area contributed by atoms with Gasteiger partial charge in [0, 0.05) is 66.4 Å². The Morgan fingerprint density at radius 3 is 1.39 bits per heavy atom. The zero-order chi connectivity index (χ0) is 58.0. The molecule has 0 spiro atoms. The molecule has 424 valence electrons. The second-order valence-electron chi connectivity index (χ2n) is 19.9. The fourth-order valence-corrected chi connectivity index (χ4v) is 9.00. The number of carbonyl (C=O) groups excluding carboxylic acids is 6. The number of carbonyl (C=O) groups is 8. The number of benzene rings is 4. The number of carboxylic acid groups (broad SMARTS) is 2. The Bertz CT molecular complexity index is 3170. The molecule has 4 aromatic carbocycles. The maximum atomic E-state index is 14.8. The molecule has 24 heteroatoms. The average molecular weight is 1100 g/mol. The van der Waals surface area contributed by atoms with E-state index in [0.717, 1.165) is 21.8 Å². The van der Waals surface area contributed by atoms with Crippen LogP contribution in [0.15, 0.2) is 114 Å². The lowest BCUT2D eigenvalue weighted by atomic mass is 9.99. The Labute approximate surface area is 459 Å². The van der Waals surface area contributed by atoms with Gasteiger partial charge < -0.3 is 79.5 Å². The van der Waals surface area contributed by atoms with Crippen LogP contribution < -0.4 is 49.1 Å². The van der Waals surface area contributed by atoms with Gasteiger partial charge in [-0.05, 0) is 83.8 Å². The summed E-state index contributed by atoms with van der Waals surface area (Å²) < 4.78 is 0. The van der Waals surface area contributed by atoms with Crippen LogP contribution in [0.4, 0.5) is 0 Å². The average Bonchev–Trinajstić information content (AvgIpc) is 4.02. The van der Waals surface area contributed by atoms with Crippen LogP contribution in [0.1, 0.15) is 61.8 Å². The van der Waals surface area contributed by atoms with E-state index in [1.54, 1.807) is 38.4 Å². The molecule has 0 saturated carbocycles. The number of aliphatic carboxylic acids is 2. The molecule has 24 nitrogen and oxygen atoms in total. The van der Waals surface area contributed by atoms with Gasteiger partial charge in [-0.15, -0.1) is 0 Å². The number of aliphatic imine (C=N–C) groups is 1. The summed E-state index contributed by atoms with van der Waals surface area (Å²) in [5.74, 6) is -8.63. The molecule has 2 heterocycles. The molecule has 2 aromatic heterocycles. The van der Waals surface area contributed by atoms with Gasteiger partial charge in [-0.1, -0.05) is 74.5 Å². The van der Waals surface area contributed by atoms with Crippen LogP contribution in [0.3, 0.4) is 0 Å². The van der Waals surface area contributed by atoms with E-state index in [4.69, 9.17) is 17.2 Å². The maximum Gasteiger partial charge on any atom is 0.326 e. The molecule has 0 fully saturated rings. The third kappa shape index (κ3) is 17.5. The predicted octanol–water partition coefficient (Wildman–Crippen LogP) is 1.23. The van der Waals surface area contributed by atoms with Gasteiger partial charge in [-0.3, -0.25) is 38.6 Å². The van der Waals surface area contributed by atoms with E-state index >= 15 is 0 Å². The van der Waals surface area contributed by atoms with Crippen molar-refractivity contribution in [2.75, 3.05) is 6.54 Å². The lowest BCUT2D eigenvalue weighted by Gasteiger charge is -2.28. The highest BCUT2D eigenvalue weighted by Gasteiger charge is 2.35. The SMILES string of the molecule is CC(C)C[C@H](NC(=O)[C@H](CCCN=C(N)N)NC(=O)[C@H](Cc1ccc(O)cc1)NC(=O)[C@@H](N)CC(=O)O)C(=O)N[C@@H](Cc1ccc(O)cc1)C(=O)N[C@@H](Cc1c[nH]c2ccccc12)C(=O)N[C@@H](Cc1c[nH]c2ccccc12)C(=O)O. The van der Waals surface area contributed by atoms with Gasteiger partial charge in [0.25, 0.3) is 0 Å². The lowest BCUT2D eigenvalue weighted by Crippen LogP contribution is -2.60. The number of aromatic hydroxyl groups is 2. The number of H-pyrrole nitrogens is 2. The highest BCUT2D eigenvalue weighted by Crippen LogP contribution is 2.22. The van der Waals surface area contributed by atoms with Crippen LogP contribution in [-0.4, -0.2) is 133 Å². The minimum Gasteiger partial charge on any atom is -0.508 e. The number of phenolic OH excluding ortho intramolecular Hbond substituents is 2. The van der Waals surface area contributed by atoms with Crippen molar-refractivity contribution >= 4 is 75.1 Å². The second-order valence-corrected chi connectivity index (χ2v) is 19.9. The van der Waals surface area contributed by atoms with Gasteiger partial charge in [0.1, 0.15) is 47.8 Å². The van der Waals surface area contributed by atoms with E-state index in [1.807, 2.05) is 36.4 Å². The molecule has 0 unspecified atom stereocenters. The molecule has 6 amide bonds. The fourth-order valence-electron chi connectivity index (χ4n) is 9.00. The third-order valence-electron chi connectivity index (χ3n) is 13.1. The Balaban J connectivity index is 1.28. The van der Waals surface area contributed by atoms with Crippen LogP contribution in [0.2, 0.25) is 0 Å². The maximum absolute atomic E-state index is 14.8. The number of hydrogen-bond donors (Lipinski definition) is 15. The van der Waals surface area contributed by atoms with Gasteiger partial charge in [-0.25, -0.2) is 4.79 Å². The van der Waals surface area contributed by atoms with Gasteiger partial charge in [0.2, 0.25) is 35.4 Å². The van der Waals surface area contributed by atoms with Crippen LogP contribution in [-0.2, 0) is 64.0 Å². The number of carboxylic acids is 2. The summed E-state index contributed by atoms with van der Waals surface area (Å²) in [5.41, 5.74) is 20.6. The van der Waals surface area contributed by atoms with E-state index in [9.17, 15) is 58.8 Å². The van der Waals surface area contributed by atoms with E-state index in [1.165, 1.54) is 48.5 Å². The van der Waals surface area contributed by atoms with Gasteiger partial charge in [-0.2, -0.15) is 0 Å². The van der Waals surface area contributed by atoms with Crippen molar-refractivity contribution in [3.05, 3.63) is 132 Å². The number of rotatable bonds is 29. The largest absolute Gasteiger partial charge is 0.508 e. The van der Waals surface area contributed by atoms with Crippen molar-refractivity contribution in [3.8, 4) is 11.5 Å². The van der Waals surface area contributed by atoms with Crippen molar-refractivity contribution in [1.29, 1.82) is 0 Å². The predicted molar refractivity (Wildman–Crippen MR) is 296 cm³/mol. The number of para-hydroxylation sites is 2. The Morgan fingerprint density at radius 1 is 0.525 bits per heavy atom. The third-order valence-corrected chi connectivity index (χ3v) is 13.1. The molecular formula is C56H68N12O12. The first-order valence-electron chi connectivity index (χ1n) is 25.9. The number of aromatic nitrogens is 2. The summed E-state index contributed by atoms with van der Waals surface area (Å²) in [6, 6.07) is 15.9. The highest BCUT2D eigenvalue weighted by molar-refractivity contribution is 5.98. The highest BCUT2D eigenvalue weighted by atomic mass is 16.4. The van der Waals surface area contributed by atoms with Crippen molar-refractivity contribution in [1.82, 2.24) is 41.9 Å². The second kappa shape index (κ2) is 28.3. The molecule has 7 atom stereocenters.